The molecule has 2 aromatic heterocycles. The highest BCUT2D eigenvalue weighted by Crippen LogP contribution is 2.38. The van der Waals surface area contributed by atoms with Crippen LogP contribution >= 0.6 is 34.5 Å². The molecule has 0 unspecified atom stereocenters. The second-order valence-electron chi connectivity index (χ2n) is 4.22. The van der Waals surface area contributed by atoms with Crippen molar-refractivity contribution >= 4 is 65.6 Å². The van der Waals surface area contributed by atoms with E-state index in [0.717, 1.165) is 16.3 Å². The minimum atomic E-state index is 0.181. The lowest BCUT2D eigenvalue weighted by Crippen LogP contribution is -1.87. The van der Waals surface area contributed by atoms with E-state index >= 15 is 0 Å². The van der Waals surface area contributed by atoms with E-state index in [0.29, 0.717) is 5.15 Å². The Bertz CT molecular complexity index is 946. The average molecular weight is 305 g/mol. The summed E-state index contributed by atoms with van der Waals surface area (Å²) in [5.41, 5.74) is 0.819. The summed E-state index contributed by atoms with van der Waals surface area (Å²) < 4.78 is 2.41. The third-order valence-electron chi connectivity index (χ3n) is 3.13. The van der Waals surface area contributed by atoms with Gasteiger partial charge >= 0.3 is 0 Å². The molecule has 19 heavy (non-hydrogen) atoms. The summed E-state index contributed by atoms with van der Waals surface area (Å²) in [7, 11) is 0. The number of hydrogen-bond donors (Lipinski definition) is 0. The second kappa shape index (κ2) is 4.04. The first kappa shape index (κ1) is 11.4. The fraction of sp³-hybridized carbons (Fsp3) is 0. The van der Waals surface area contributed by atoms with Gasteiger partial charge in [-0.2, -0.15) is 0 Å². The maximum atomic E-state index is 6.15. The lowest BCUT2D eigenvalue weighted by atomic mass is 10.1. The lowest BCUT2D eigenvalue weighted by molar-refractivity contribution is 1.23. The van der Waals surface area contributed by atoms with Crippen molar-refractivity contribution in [2.45, 2.75) is 0 Å². The van der Waals surface area contributed by atoms with E-state index in [1.807, 2.05) is 18.2 Å². The van der Waals surface area contributed by atoms with E-state index in [1.165, 1.54) is 14.8 Å². The summed E-state index contributed by atoms with van der Waals surface area (Å²) in [4.78, 5) is 8.36. The van der Waals surface area contributed by atoms with E-state index < -0.39 is 0 Å². The van der Waals surface area contributed by atoms with Crippen LogP contribution in [0.15, 0.2) is 36.4 Å². The molecule has 0 fully saturated rings. The van der Waals surface area contributed by atoms with Gasteiger partial charge in [-0.15, -0.1) is 11.3 Å². The Morgan fingerprint density at radius 3 is 2.58 bits per heavy atom. The summed E-state index contributed by atoms with van der Waals surface area (Å²) in [6.45, 7) is 0. The Morgan fingerprint density at radius 2 is 1.68 bits per heavy atom. The highest BCUT2D eigenvalue weighted by Gasteiger charge is 2.12. The van der Waals surface area contributed by atoms with Crippen LogP contribution in [-0.4, -0.2) is 9.97 Å². The van der Waals surface area contributed by atoms with Crippen molar-refractivity contribution in [2.75, 3.05) is 0 Å². The fourth-order valence-electron chi connectivity index (χ4n) is 2.34. The predicted molar refractivity (Wildman–Crippen MR) is 82.4 cm³/mol. The van der Waals surface area contributed by atoms with E-state index in [2.05, 4.69) is 28.2 Å². The van der Waals surface area contributed by atoms with Crippen molar-refractivity contribution in [1.29, 1.82) is 0 Å². The first-order valence-electron chi connectivity index (χ1n) is 5.67. The molecule has 5 heteroatoms. The Kier molecular flexibility index (Phi) is 2.42. The van der Waals surface area contributed by atoms with Crippen molar-refractivity contribution < 1.29 is 0 Å². The zero-order valence-corrected chi connectivity index (χ0v) is 11.9. The molecule has 0 aliphatic heterocycles. The zero-order chi connectivity index (χ0) is 13.0. The van der Waals surface area contributed by atoms with Crippen molar-refractivity contribution in [3.05, 3.63) is 46.8 Å². The number of nitrogens with zero attached hydrogens (tertiary/aromatic N) is 2. The van der Waals surface area contributed by atoms with Gasteiger partial charge in [0.25, 0.3) is 0 Å². The zero-order valence-electron chi connectivity index (χ0n) is 9.52. The first-order chi connectivity index (χ1) is 9.24. The Balaban J connectivity index is 2.36. The molecule has 0 bridgehead atoms. The van der Waals surface area contributed by atoms with Crippen LogP contribution in [-0.2, 0) is 0 Å². The normalized spacial score (nSPS) is 11.7. The molecule has 4 rings (SSSR count). The van der Waals surface area contributed by atoms with Crippen LogP contribution < -0.4 is 0 Å². The molecule has 92 valence electrons. The highest BCUT2D eigenvalue weighted by atomic mass is 35.5. The molecule has 0 spiro atoms. The molecule has 0 aliphatic carbocycles. The van der Waals surface area contributed by atoms with Gasteiger partial charge < -0.3 is 0 Å². The monoisotopic (exact) mass is 304 g/mol. The number of aromatic nitrogens is 2. The van der Waals surface area contributed by atoms with Gasteiger partial charge in [-0.05, 0) is 29.8 Å². The molecule has 4 aromatic rings. The van der Waals surface area contributed by atoms with Crippen LogP contribution in [0, 0.1) is 0 Å². The maximum absolute atomic E-state index is 6.15. The molecule has 0 atom stereocenters. The van der Waals surface area contributed by atoms with Crippen LogP contribution in [0.2, 0.25) is 10.4 Å². The van der Waals surface area contributed by atoms with Gasteiger partial charge in [-0.25, -0.2) is 9.97 Å². The van der Waals surface area contributed by atoms with E-state index in [-0.39, 0.29) is 5.28 Å². The number of benzene rings is 2. The number of halogens is 2. The third-order valence-corrected chi connectivity index (χ3v) is 4.73. The molecule has 0 radical (unpaired) electrons. The van der Waals surface area contributed by atoms with Gasteiger partial charge in [-0.1, -0.05) is 29.8 Å². The summed E-state index contributed by atoms with van der Waals surface area (Å²) >= 11 is 13.8. The van der Waals surface area contributed by atoms with Crippen molar-refractivity contribution in [1.82, 2.24) is 9.97 Å². The predicted octanol–water partition coefficient (Wildman–Crippen LogP) is 5.30. The molecular weight excluding hydrogens is 299 g/mol. The molecule has 0 amide bonds. The van der Waals surface area contributed by atoms with Crippen molar-refractivity contribution in [2.24, 2.45) is 0 Å². The molecule has 2 aromatic carbocycles. The van der Waals surface area contributed by atoms with Crippen LogP contribution in [0.25, 0.3) is 31.1 Å². The SMILES string of the molecule is Clc1nc(Cl)c2ccc3sc4ccccc4c3c2n1. The maximum Gasteiger partial charge on any atom is 0.224 e. The van der Waals surface area contributed by atoms with E-state index in [9.17, 15) is 0 Å². The first-order valence-corrected chi connectivity index (χ1v) is 7.24. The average Bonchev–Trinajstić information content (AvgIpc) is 2.77. The molecule has 0 N–H and O–H groups in total. The summed E-state index contributed by atoms with van der Waals surface area (Å²) in [5.74, 6) is 0. The Hall–Kier alpha value is -1.42. The molecule has 0 saturated heterocycles. The molecule has 2 nitrogen and oxygen atoms in total. The minimum absolute atomic E-state index is 0.181. The number of rotatable bonds is 0. The van der Waals surface area contributed by atoms with E-state index in [4.69, 9.17) is 23.2 Å². The van der Waals surface area contributed by atoms with Gasteiger partial charge in [0.1, 0.15) is 5.15 Å². The molecule has 0 aliphatic rings. The van der Waals surface area contributed by atoms with Gasteiger partial charge in [0, 0.05) is 25.6 Å². The smallest absolute Gasteiger partial charge is 0.217 e. The lowest BCUT2D eigenvalue weighted by Gasteiger charge is -2.02. The number of fused-ring (bicyclic) bond motifs is 5. The van der Waals surface area contributed by atoms with Gasteiger partial charge in [0.05, 0.1) is 5.52 Å². The van der Waals surface area contributed by atoms with Gasteiger partial charge in [-0.3, -0.25) is 0 Å². The minimum Gasteiger partial charge on any atom is -0.217 e. The molecule has 2 heterocycles. The number of hydrogen-bond acceptors (Lipinski definition) is 3. The van der Waals surface area contributed by atoms with Crippen LogP contribution in [0.3, 0.4) is 0 Å². The Morgan fingerprint density at radius 1 is 0.842 bits per heavy atom. The summed E-state index contributed by atoms with van der Waals surface area (Å²) in [5, 5.41) is 3.69. The standard InChI is InChI=1S/C14H6Cl2N2S/c15-13-8-5-6-10-11(12(8)17-14(16)18-13)7-3-1-2-4-9(7)19-10/h1-6H. The number of thiophene rings is 1. The largest absolute Gasteiger partial charge is 0.224 e. The Labute approximate surface area is 122 Å². The van der Waals surface area contributed by atoms with Gasteiger partial charge in [0.15, 0.2) is 0 Å². The van der Waals surface area contributed by atoms with Gasteiger partial charge in [0.2, 0.25) is 5.28 Å². The quantitative estimate of drug-likeness (QED) is 0.325. The third kappa shape index (κ3) is 1.62. The van der Waals surface area contributed by atoms with Crippen molar-refractivity contribution in [3.8, 4) is 0 Å². The topological polar surface area (TPSA) is 25.8 Å². The van der Waals surface area contributed by atoms with Crippen LogP contribution in [0.5, 0.6) is 0 Å². The summed E-state index contributed by atoms with van der Waals surface area (Å²) in [6.07, 6.45) is 0. The van der Waals surface area contributed by atoms with Crippen LogP contribution in [0.4, 0.5) is 0 Å². The summed E-state index contributed by atoms with van der Waals surface area (Å²) in [6, 6.07) is 12.3. The second-order valence-corrected chi connectivity index (χ2v) is 6.00. The van der Waals surface area contributed by atoms with Crippen molar-refractivity contribution in [3.63, 3.8) is 0 Å². The van der Waals surface area contributed by atoms with E-state index in [1.54, 1.807) is 11.3 Å². The molecule has 0 saturated carbocycles. The highest BCUT2D eigenvalue weighted by molar-refractivity contribution is 7.26. The molecular formula is C14H6Cl2N2S. The fourth-order valence-corrected chi connectivity index (χ4v) is 3.89. The van der Waals surface area contributed by atoms with Crippen LogP contribution in [0.1, 0.15) is 0 Å².